The van der Waals surface area contributed by atoms with Crippen LogP contribution in [0.2, 0.25) is 0 Å². The maximum absolute atomic E-state index is 12.9. The highest BCUT2D eigenvalue weighted by molar-refractivity contribution is 7.90. The summed E-state index contributed by atoms with van der Waals surface area (Å²) in [6.45, 7) is 6.53. The van der Waals surface area contributed by atoms with E-state index in [9.17, 15) is 9.35 Å². The third-order valence-electron chi connectivity index (χ3n) is 6.19. The van der Waals surface area contributed by atoms with Crippen molar-refractivity contribution in [3.05, 3.63) is 35.9 Å². The number of piperidine rings is 1. The minimum absolute atomic E-state index is 0.159. The average molecular weight is 420 g/mol. The van der Waals surface area contributed by atoms with Gasteiger partial charge in [-0.1, -0.05) is 30.3 Å². The molecule has 0 radical (unpaired) electrons. The molecule has 0 saturated carbocycles. The van der Waals surface area contributed by atoms with Gasteiger partial charge in [-0.2, -0.15) is 0 Å². The highest BCUT2D eigenvalue weighted by Gasteiger charge is 2.46. The fourth-order valence-electron chi connectivity index (χ4n) is 4.79. The topological polar surface area (TPSA) is 58.6 Å². The third-order valence-corrected chi connectivity index (χ3v) is 7.82. The first-order chi connectivity index (χ1) is 13.6. The average Bonchev–Trinajstić information content (AvgIpc) is 2.90. The van der Waals surface area contributed by atoms with E-state index in [1.807, 2.05) is 45.8 Å². The maximum Gasteiger partial charge on any atom is 0.237 e. The summed E-state index contributed by atoms with van der Waals surface area (Å²) in [5.74, 6) is 0.689. The van der Waals surface area contributed by atoms with Crippen molar-refractivity contribution in [1.82, 2.24) is 14.5 Å². The second-order valence-electron chi connectivity index (χ2n) is 9.95. The molecule has 162 valence electrons. The number of likely N-dealkylation sites (N-methyl/N-ethyl adjacent to an activating group) is 1. The van der Waals surface area contributed by atoms with Gasteiger partial charge in [0.1, 0.15) is 4.75 Å². The Morgan fingerprint density at radius 3 is 2.31 bits per heavy atom. The second-order valence-corrected chi connectivity index (χ2v) is 11.9. The van der Waals surface area contributed by atoms with Crippen molar-refractivity contribution in [2.45, 2.75) is 75.7 Å². The molecule has 2 aliphatic heterocycles. The van der Waals surface area contributed by atoms with Crippen LogP contribution in [0.4, 0.5) is 0 Å². The Kier molecular flexibility index (Phi) is 7.31. The van der Waals surface area contributed by atoms with Crippen LogP contribution in [0.15, 0.2) is 30.3 Å². The lowest BCUT2D eigenvalue weighted by Gasteiger charge is -2.42. The van der Waals surface area contributed by atoms with Gasteiger partial charge in [-0.15, -0.1) is 4.72 Å². The van der Waals surface area contributed by atoms with Crippen molar-refractivity contribution in [3.63, 3.8) is 0 Å². The van der Waals surface area contributed by atoms with Crippen LogP contribution in [0, 0.1) is 5.92 Å². The summed E-state index contributed by atoms with van der Waals surface area (Å²) in [7, 11) is 3.91. The maximum atomic E-state index is 12.9. The van der Waals surface area contributed by atoms with Crippen molar-refractivity contribution in [2.75, 3.05) is 20.6 Å². The molecule has 0 aliphatic carbocycles. The van der Waals surface area contributed by atoms with Gasteiger partial charge in [0.2, 0.25) is 5.91 Å². The van der Waals surface area contributed by atoms with Crippen molar-refractivity contribution in [3.8, 4) is 0 Å². The van der Waals surface area contributed by atoms with E-state index in [0.29, 0.717) is 24.5 Å². The molecular weight excluding hydrogens is 382 g/mol. The Hall–Kier alpha value is -1.08. The van der Waals surface area contributed by atoms with Crippen LogP contribution in [0.5, 0.6) is 0 Å². The van der Waals surface area contributed by atoms with Gasteiger partial charge < -0.3 is 14.4 Å². The molecule has 0 unspecified atom stereocenters. The van der Waals surface area contributed by atoms with Crippen molar-refractivity contribution in [2.24, 2.45) is 5.92 Å². The SMILES string of the molecule is CN(C)CC(=O)N1[C@@H]2CC[C@H]1C[C@H]([C@@H](Cc1ccccc1)N[S@@+]([O-])C(C)(C)C)C2. The van der Waals surface area contributed by atoms with Crippen molar-refractivity contribution >= 4 is 17.3 Å². The van der Waals surface area contributed by atoms with E-state index >= 15 is 0 Å². The Balaban J connectivity index is 1.74. The van der Waals surface area contributed by atoms with Crippen molar-refractivity contribution in [1.29, 1.82) is 0 Å². The molecule has 2 bridgehead atoms. The molecule has 1 amide bonds. The summed E-state index contributed by atoms with van der Waals surface area (Å²) in [5.41, 5.74) is 1.27. The van der Waals surface area contributed by atoms with Gasteiger partial charge in [-0.25, -0.2) is 0 Å². The van der Waals surface area contributed by atoms with Crippen LogP contribution in [0.3, 0.4) is 0 Å². The number of hydrogen-bond donors (Lipinski definition) is 1. The van der Waals surface area contributed by atoms with E-state index in [1.165, 1.54) is 5.56 Å². The van der Waals surface area contributed by atoms with Gasteiger partial charge in [0.25, 0.3) is 0 Å². The lowest BCUT2D eigenvalue weighted by Crippen LogP contribution is -2.55. The zero-order valence-corrected chi connectivity index (χ0v) is 19.4. The van der Waals surface area contributed by atoms with Crippen LogP contribution in [0.1, 0.15) is 52.0 Å². The molecule has 1 aromatic rings. The van der Waals surface area contributed by atoms with Gasteiger partial charge in [0, 0.05) is 23.4 Å². The quantitative estimate of drug-likeness (QED) is 0.691. The first kappa shape index (κ1) is 22.6. The van der Waals surface area contributed by atoms with E-state index < -0.39 is 11.4 Å². The Morgan fingerprint density at radius 2 is 1.79 bits per heavy atom. The van der Waals surface area contributed by atoms with E-state index in [0.717, 1.165) is 32.1 Å². The lowest BCUT2D eigenvalue weighted by atomic mass is 9.82. The number of amides is 1. The van der Waals surface area contributed by atoms with Gasteiger partial charge in [-0.3, -0.25) is 4.79 Å². The molecule has 3 rings (SSSR count). The molecule has 1 aromatic carbocycles. The van der Waals surface area contributed by atoms with E-state index in [2.05, 4.69) is 33.9 Å². The van der Waals surface area contributed by atoms with E-state index in [-0.39, 0.29) is 16.7 Å². The number of fused-ring (bicyclic) bond motifs is 2. The monoisotopic (exact) mass is 419 g/mol. The minimum Gasteiger partial charge on any atom is -0.598 e. The fraction of sp³-hybridized carbons (Fsp3) is 0.696. The number of nitrogens with one attached hydrogen (secondary N) is 1. The summed E-state index contributed by atoms with van der Waals surface area (Å²) in [4.78, 5) is 16.9. The largest absolute Gasteiger partial charge is 0.598 e. The zero-order chi connectivity index (χ0) is 21.2. The van der Waals surface area contributed by atoms with E-state index in [4.69, 9.17) is 0 Å². The first-order valence-electron chi connectivity index (χ1n) is 10.8. The number of hydrogen-bond acceptors (Lipinski definition) is 4. The van der Waals surface area contributed by atoms with Crippen molar-refractivity contribution < 1.29 is 9.35 Å². The number of nitrogens with zero attached hydrogens (tertiary/aromatic N) is 2. The molecule has 2 aliphatic rings. The van der Waals surface area contributed by atoms with Gasteiger partial charge in [0.15, 0.2) is 0 Å². The molecule has 2 fully saturated rings. The Morgan fingerprint density at radius 1 is 1.21 bits per heavy atom. The van der Waals surface area contributed by atoms with Crippen LogP contribution >= 0.6 is 0 Å². The minimum atomic E-state index is -1.11. The summed E-state index contributed by atoms with van der Waals surface area (Å²) < 4.78 is 16.1. The summed E-state index contributed by atoms with van der Waals surface area (Å²) in [5, 5.41) is 0. The highest BCUT2D eigenvalue weighted by Crippen LogP contribution is 2.41. The van der Waals surface area contributed by atoms with Crippen LogP contribution in [-0.4, -0.2) is 63.8 Å². The lowest BCUT2D eigenvalue weighted by molar-refractivity contribution is -0.137. The van der Waals surface area contributed by atoms with Crippen LogP contribution < -0.4 is 4.72 Å². The number of carbonyl (C=O) groups is 1. The smallest absolute Gasteiger partial charge is 0.237 e. The zero-order valence-electron chi connectivity index (χ0n) is 18.6. The molecule has 29 heavy (non-hydrogen) atoms. The number of carbonyl (C=O) groups excluding carboxylic acids is 1. The molecule has 5 atom stereocenters. The molecule has 0 aromatic heterocycles. The van der Waals surface area contributed by atoms with Gasteiger partial charge >= 0.3 is 0 Å². The fourth-order valence-corrected chi connectivity index (χ4v) is 5.70. The third kappa shape index (κ3) is 5.75. The molecule has 5 nitrogen and oxygen atoms in total. The van der Waals surface area contributed by atoms with Gasteiger partial charge in [-0.05, 0) is 78.5 Å². The van der Waals surface area contributed by atoms with Gasteiger partial charge in [0.05, 0.1) is 12.6 Å². The normalized spacial score (nSPS) is 26.6. The standard InChI is InChI=1S/C23H37N3O2S/c1-23(2,3)29(28)24-21(13-17-9-7-6-8-10-17)18-14-19-11-12-20(15-18)26(19)22(27)16-25(4)5/h6-10,18-21,24H,11-16H2,1-5H3/t18-,19-,20+,21-,29+/m1/s1. The molecule has 6 heteroatoms. The predicted molar refractivity (Wildman–Crippen MR) is 120 cm³/mol. The Labute approximate surface area is 179 Å². The molecule has 2 saturated heterocycles. The predicted octanol–water partition coefficient (Wildman–Crippen LogP) is 2.98. The van der Waals surface area contributed by atoms with E-state index in [1.54, 1.807) is 0 Å². The molecular formula is C23H37N3O2S. The van der Waals surface area contributed by atoms with Crippen LogP contribution in [0.25, 0.3) is 0 Å². The summed E-state index contributed by atoms with van der Waals surface area (Å²) >= 11 is -1.11. The summed E-state index contributed by atoms with van der Waals surface area (Å²) in [6.07, 6.45) is 5.07. The molecule has 1 N–H and O–H groups in total. The summed E-state index contributed by atoms with van der Waals surface area (Å²) in [6, 6.07) is 11.3. The Bertz CT molecular complexity index is 662. The van der Waals surface area contributed by atoms with Crippen LogP contribution in [-0.2, 0) is 22.6 Å². The first-order valence-corrected chi connectivity index (χ1v) is 12.0. The second kappa shape index (κ2) is 9.38. The number of benzene rings is 1. The molecule has 2 heterocycles. The highest BCUT2D eigenvalue weighted by atomic mass is 32.2. The number of rotatable bonds is 7. The molecule has 0 spiro atoms.